The number of carbonyl (C=O) groups is 1. The molecule has 1 aromatic carbocycles. The van der Waals surface area contributed by atoms with E-state index in [0.717, 1.165) is 36.0 Å². The van der Waals surface area contributed by atoms with Gasteiger partial charge >= 0.3 is 0 Å². The van der Waals surface area contributed by atoms with Crippen molar-refractivity contribution in [3.8, 4) is 0 Å². The van der Waals surface area contributed by atoms with Crippen LogP contribution in [0.2, 0.25) is 0 Å². The topological polar surface area (TPSA) is 107 Å². The van der Waals surface area contributed by atoms with E-state index in [2.05, 4.69) is 20.4 Å². The molecule has 0 saturated carbocycles. The number of hydrogen-bond acceptors (Lipinski definition) is 6. The van der Waals surface area contributed by atoms with E-state index in [0.29, 0.717) is 15.9 Å². The molecule has 0 saturated heterocycles. The monoisotopic (exact) mass is 382 g/mol. The highest BCUT2D eigenvalue weighted by Crippen LogP contribution is 2.34. The third-order valence-corrected chi connectivity index (χ3v) is 5.92. The van der Waals surface area contributed by atoms with Crippen molar-refractivity contribution >= 4 is 33.2 Å². The van der Waals surface area contributed by atoms with Gasteiger partial charge in [0, 0.05) is 11.4 Å². The summed E-state index contributed by atoms with van der Waals surface area (Å²) in [6.07, 6.45) is 2.95. The van der Waals surface area contributed by atoms with Crippen molar-refractivity contribution in [1.82, 2.24) is 15.3 Å². The van der Waals surface area contributed by atoms with Crippen LogP contribution >= 0.6 is 11.3 Å². The van der Waals surface area contributed by atoms with Gasteiger partial charge in [-0.15, -0.1) is 11.3 Å². The van der Waals surface area contributed by atoms with E-state index in [1.54, 1.807) is 6.92 Å². The molecule has 0 atom stereocenters. The molecule has 2 aromatic heterocycles. The fourth-order valence-electron chi connectivity index (χ4n) is 3.34. The fourth-order valence-corrected chi connectivity index (χ4v) is 4.60. The first-order valence-electron chi connectivity index (χ1n) is 8.67. The van der Waals surface area contributed by atoms with Gasteiger partial charge in [-0.25, -0.2) is 4.98 Å². The maximum atomic E-state index is 12.5. The van der Waals surface area contributed by atoms with Gasteiger partial charge in [0.2, 0.25) is 5.82 Å². The Balaban J connectivity index is 1.55. The Morgan fingerprint density at radius 2 is 2.26 bits per heavy atom. The minimum atomic E-state index is -0.430. The van der Waals surface area contributed by atoms with Gasteiger partial charge in [-0.2, -0.15) is 0 Å². The number of oxime groups is 1. The Morgan fingerprint density at radius 1 is 1.41 bits per heavy atom. The lowest BCUT2D eigenvalue weighted by molar-refractivity contribution is 0.0940. The van der Waals surface area contributed by atoms with Gasteiger partial charge in [0.15, 0.2) is 0 Å². The third-order valence-electron chi connectivity index (χ3n) is 4.74. The van der Waals surface area contributed by atoms with Crippen LogP contribution in [0.25, 0.3) is 10.2 Å². The number of nitrogens with one attached hydrogen (secondary N) is 2. The van der Waals surface area contributed by atoms with Crippen molar-refractivity contribution < 1.29 is 10.0 Å². The number of amides is 1. The summed E-state index contributed by atoms with van der Waals surface area (Å²) in [7, 11) is 0. The zero-order valence-electron chi connectivity index (χ0n) is 14.7. The van der Waals surface area contributed by atoms with Gasteiger partial charge in [-0.3, -0.25) is 9.59 Å². The Labute approximate surface area is 158 Å². The summed E-state index contributed by atoms with van der Waals surface area (Å²) in [6, 6.07) is 7.34. The first-order chi connectivity index (χ1) is 13.1. The first kappa shape index (κ1) is 17.4. The molecule has 3 N–H and O–H groups in total. The smallest absolute Gasteiger partial charge is 0.287 e. The molecule has 0 radical (unpaired) electrons. The molecule has 2 heterocycles. The number of fused-ring (bicyclic) bond motifs is 3. The minimum Gasteiger partial charge on any atom is -0.411 e. The maximum absolute atomic E-state index is 12.5. The van der Waals surface area contributed by atoms with E-state index in [9.17, 15) is 9.59 Å². The lowest BCUT2D eigenvalue weighted by Crippen LogP contribution is -2.27. The Hall–Kier alpha value is -3.00. The predicted octanol–water partition coefficient (Wildman–Crippen LogP) is 2.60. The molecule has 0 bridgehead atoms. The average Bonchev–Trinajstić information content (AvgIpc) is 3.26. The van der Waals surface area contributed by atoms with E-state index in [1.807, 2.05) is 24.3 Å². The number of thiophene rings is 1. The van der Waals surface area contributed by atoms with Crippen LogP contribution in [0.5, 0.6) is 0 Å². The normalized spacial score (nSPS) is 13.7. The van der Waals surface area contributed by atoms with E-state index in [4.69, 9.17) is 5.21 Å². The number of benzene rings is 1. The van der Waals surface area contributed by atoms with Crippen LogP contribution in [-0.2, 0) is 19.4 Å². The third kappa shape index (κ3) is 3.23. The molecule has 8 heteroatoms. The van der Waals surface area contributed by atoms with Crippen LogP contribution in [0.1, 0.15) is 45.5 Å². The van der Waals surface area contributed by atoms with Gasteiger partial charge in [-0.1, -0.05) is 23.4 Å². The number of rotatable bonds is 4. The van der Waals surface area contributed by atoms with Crippen molar-refractivity contribution in [2.45, 2.75) is 32.7 Å². The highest BCUT2D eigenvalue weighted by molar-refractivity contribution is 7.18. The Kier molecular flexibility index (Phi) is 4.49. The highest BCUT2D eigenvalue weighted by atomic mass is 32.1. The average molecular weight is 382 g/mol. The SMILES string of the molecule is C/C(=N\O)c1cccc(CNC(=O)c2nc3sc4c(c3c(=O)[nH]2)CCC4)c1. The van der Waals surface area contributed by atoms with Gasteiger partial charge in [0.1, 0.15) is 4.83 Å². The summed E-state index contributed by atoms with van der Waals surface area (Å²) < 4.78 is 0. The molecule has 1 aliphatic rings. The van der Waals surface area contributed by atoms with Gasteiger partial charge < -0.3 is 15.5 Å². The summed E-state index contributed by atoms with van der Waals surface area (Å²) in [5.74, 6) is -0.405. The molecule has 0 fully saturated rings. The maximum Gasteiger partial charge on any atom is 0.287 e. The zero-order valence-corrected chi connectivity index (χ0v) is 15.5. The van der Waals surface area contributed by atoms with E-state index < -0.39 is 5.91 Å². The van der Waals surface area contributed by atoms with Crippen molar-refractivity contribution in [1.29, 1.82) is 0 Å². The van der Waals surface area contributed by atoms with Crippen LogP contribution in [0.3, 0.4) is 0 Å². The Morgan fingerprint density at radius 3 is 3.07 bits per heavy atom. The summed E-state index contributed by atoms with van der Waals surface area (Å²) in [4.78, 5) is 33.7. The Bertz CT molecular complexity index is 1130. The molecule has 7 nitrogen and oxygen atoms in total. The molecule has 0 aliphatic heterocycles. The number of nitrogens with zero attached hydrogens (tertiary/aromatic N) is 2. The second-order valence-corrected chi connectivity index (χ2v) is 7.60. The number of H-pyrrole nitrogens is 1. The second-order valence-electron chi connectivity index (χ2n) is 6.52. The second kappa shape index (κ2) is 6.96. The van der Waals surface area contributed by atoms with Crippen LogP contribution in [0.4, 0.5) is 0 Å². The molecule has 27 heavy (non-hydrogen) atoms. The summed E-state index contributed by atoms with van der Waals surface area (Å²) >= 11 is 1.51. The van der Waals surface area contributed by atoms with E-state index in [1.165, 1.54) is 16.2 Å². The fraction of sp³-hybridized carbons (Fsp3) is 0.263. The summed E-state index contributed by atoms with van der Waals surface area (Å²) in [5.41, 5.74) is 2.95. The quantitative estimate of drug-likeness (QED) is 0.366. The molecular formula is C19H18N4O3S. The lowest BCUT2D eigenvalue weighted by atomic mass is 10.1. The van der Waals surface area contributed by atoms with Crippen molar-refractivity contribution in [3.05, 3.63) is 62.0 Å². The largest absolute Gasteiger partial charge is 0.411 e. The van der Waals surface area contributed by atoms with Gasteiger partial charge in [0.05, 0.1) is 11.1 Å². The molecule has 0 spiro atoms. The molecule has 3 aromatic rings. The van der Waals surface area contributed by atoms with Crippen LogP contribution in [0, 0.1) is 0 Å². The first-order valence-corrected chi connectivity index (χ1v) is 9.49. The van der Waals surface area contributed by atoms with Gasteiger partial charge in [0.25, 0.3) is 11.5 Å². The molecule has 0 unspecified atom stereocenters. The summed E-state index contributed by atoms with van der Waals surface area (Å²) in [6.45, 7) is 1.97. The zero-order chi connectivity index (χ0) is 19.0. The van der Waals surface area contributed by atoms with E-state index >= 15 is 0 Å². The summed E-state index contributed by atoms with van der Waals surface area (Å²) in [5, 5.41) is 15.5. The molecular weight excluding hydrogens is 364 g/mol. The number of aromatic amines is 1. The van der Waals surface area contributed by atoms with Crippen molar-refractivity contribution in [2.75, 3.05) is 0 Å². The molecule has 1 aliphatic carbocycles. The molecule has 1 amide bonds. The number of aromatic nitrogens is 2. The lowest BCUT2D eigenvalue weighted by Gasteiger charge is -2.07. The minimum absolute atomic E-state index is 0.0247. The number of carbonyl (C=O) groups excluding carboxylic acids is 1. The van der Waals surface area contributed by atoms with Gasteiger partial charge in [-0.05, 0) is 48.9 Å². The molecule has 4 rings (SSSR count). The molecule has 138 valence electrons. The highest BCUT2D eigenvalue weighted by Gasteiger charge is 2.22. The standard InChI is InChI=1S/C19H18N4O3S/c1-10(23-26)12-5-2-4-11(8-12)9-20-18(25)16-21-17(24)15-13-6-3-7-14(13)27-19(15)22-16/h2,4-5,8,26H,3,6-7,9H2,1H3,(H,20,25)(H,21,22,24)/b23-10+. The van der Waals surface area contributed by atoms with Crippen molar-refractivity contribution in [3.63, 3.8) is 0 Å². The predicted molar refractivity (Wildman–Crippen MR) is 104 cm³/mol. The van der Waals surface area contributed by atoms with Crippen LogP contribution in [-0.4, -0.2) is 26.8 Å². The number of hydrogen-bond donors (Lipinski definition) is 3. The number of aryl methyl sites for hydroxylation is 2. The van der Waals surface area contributed by atoms with Crippen LogP contribution < -0.4 is 10.9 Å². The van der Waals surface area contributed by atoms with E-state index in [-0.39, 0.29) is 17.9 Å². The van der Waals surface area contributed by atoms with Crippen LogP contribution in [0.15, 0.2) is 34.2 Å². The van der Waals surface area contributed by atoms with Crippen molar-refractivity contribution in [2.24, 2.45) is 5.16 Å².